The molecule has 2 aromatic rings. The van der Waals surface area contributed by atoms with E-state index in [1.54, 1.807) is 14.0 Å². The highest BCUT2D eigenvalue weighted by Crippen LogP contribution is 2.32. The lowest BCUT2D eigenvalue weighted by Crippen LogP contribution is -2.05. The van der Waals surface area contributed by atoms with E-state index in [1.807, 2.05) is 25.1 Å². The van der Waals surface area contributed by atoms with Crippen molar-refractivity contribution in [2.75, 3.05) is 7.11 Å². The summed E-state index contributed by atoms with van der Waals surface area (Å²) in [6.45, 7) is 3.76. The Labute approximate surface area is 117 Å². The van der Waals surface area contributed by atoms with Gasteiger partial charge in [-0.1, -0.05) is 13.0 Å². The summed E-state index contributed by atoms with van der Waals surface area (Å²) in [6.07, 6.45) is 2.18. The van der Waals surface area contributed by atoms with Gasteiger partial charge in [-0.05, 0) is 31.0 Å². The molecule has 0 aliphatic heterocycles. The molecule has 20 heavy (non-hydrogen) atoms. The van der Waals surface area contributed by atoms with E-state index in [1.165, 1.54) is 6.20 Å². The molecule has 0 spiro atoms. The van der Waals surface area contributed by atoms with Crippen LogP contribution in [0.2, 0.25) is 0 Å². The van der Waals surface area contributed by atoms with Crippen LogP contribution in [0, 0.1) is 6.92 Å². The highest BCUT2D eigenvalue weighted by molar-refractivity contribution is 5.95. The quantitative estimate of drug-likeness (QED) is 0.926. The number of methoxy groups -OCH3 is 1. The fraction of sp³-hybridized carbons (Fsp3) is 0.267. The number of carboxylic acids is 1. The number of ether oxygens (including phenoxy) is 1. The number of hydrogen-bond donors (Lipinski definition) is 1. The van der Waals surface area contributed by atoms with Gasteiger partial charge in [-0.25, -0.2) is 14.8 Å². The van der Waals surface area contributed by atoms with Crippen molar-refractivity contribution in [1.29, 1.82) is 0 Å². The molecule has 0 unspecified atom stereocenters. The number of aryl methyl sites for hydroxylation is 2. The van der Waals surface area contributed by atoms with Crippen molar-refractivity contribution >= 4 is 5.97 Å². The predicted octanol–water partition coefficient (Wildman–Crippen LogP) is 2.72. The average Bonchev–Trinajstić information content (AvgIpc) is 2.46. The van der Waals surface area contributed by atoms with Gasteiger partial charge in [0.15, 0.2) is 0 Å². The third kappa shape index (κ3) is 2.61. The Morgan fingerprint density at radius 3 is 2.75 bits per heavy atom. The molecule has 0 bridgehead atoms. The summed E-state index contributed by atoms with van der Waals surface area (Å²) in [4.78, 5) is 19.6. The van der Waals surface area contributed by atoms with Crippen LogP contribution in [0.25, 0.3) is 11.3 Å². The maximum Gasteiger partial charge on any atom is 0.339 e. The molecule has 1 aromatic carbocycles. The number of carbonyl (C=O) groups is 1. The first-order valence-corrected chi connectivity index (χ1v) is 6.31. The van der Waals surface area contributed by atoms with Crippen LogP contribution in [0.3, 0.4) is 0 Å². The minimum absolute atomic E-state index is 0.0714. The van der Waals surface area contributed by atoms with Crippen LogP contribution in [-0.4, -0.2) is 28.2 Å². The lowest BCUT2D eigenvalue weighted by molar-refractivity contribution is 0.0697. The van der Waals surface area contributed by atoms with Gasteiger partial charge in [0.25, 0.3) is 0 Å². The van der Waals surface area contributed by atoms with Crippen molar-refractivity contribution in [3.8, 4) is 17.0 Å². The SMILES string of the molecule is CCc1ccc(OC)c(-c2nc(C)ncc2C(=O)O)c1. The molecule has 0 aliphatic carbocycles. The van der Waals surface area contributed by atoms with Crippen LogP contribution < -0.4 is 4.74 Å². The van der Waals surface area contributed by atoms with Gasteiger partial charge in [0.05, 0.1) is 12.8 Å². The van der Waals surface area contributed by atoms with E-state index < -0.39 is 5.97 Å². The topological polar surface area (TPSA) is 72.3 Å². The van der Waals surface area contributed by atoms with E-state index in [0.29, 0.717) is 22.8 Å². The van der Waals surface area contributed by atoms with Crippen molar-refractivity contribution < 1.29 is 14.6 Å². The third-order valence-corrected chi connectivity index (χ3v) is 3.07. The standard InChI is InChI=1S/C15H16N2O3/c1-4-10-5-6-13(20-3)11(7-10)14-12(15(18)19)8-16-9(2)17-14/h5-8H,4H2,1-3H3,(H,18,19). The number of rotatable bonds is 4. The van der Waals surface area contributed by atoms with Crippen molar-refractivity contribution in [3.05, 3.63) is 41.3 Å². The molecule has 0 atom stereocenters. The van der Waals surface area contributed by atoms with Crippen molar-refractivity contribution in [2.45, 2.75) is 20.3 Å². The first kappa shape index (κ1) is 14.0. The van der Waals surface area contributed by atoms with E-state index in [-0.39, 0.29) is 5.56 Å². The van der Waals surface area contributed by atoms with E-state index in [0.717, 1.165) is 12.0 Å². The lowest BCUT2D eigenvalue weighted by Gasteiger charge is -2.12. The van der Waals surface area contributed by atoms with Crippen molar-refractivity contribution in [1.82, 2.24) is 9.97 Å². The summed E-state index contributed by atoms with van der Waals surface area (Å²) in [7, 11) is 1.55. The molecule has 0 aliphatic rings. The number of carboxylic acid groups (broad SMARTS) is 1. The molecule has 5 heteroatoms. The summed E-state index contributed by atoms with van der Waals surface area (Å²) >= 11 is 0. The highest BCUT2D eigenvalue weighted by Gasteiger charge is 2.18. The monoisotopic (exact) mass is 272 g/mol. The Hall–Kier alpha value is -2.43. The second kappa shape index (κ2) is 5.69. The third-order valence-electron chi connectivity index (χ3n) is 3.07. The normalized spacial score (nSPS) is 10.3. The van der Waals surface area contributed by atoms with E-state index in [2.05, 4.69) is 9.97 Å². The minimum Gasteiger partial charge on any atom is -0.496 e. The van der Waals surface area contributed by atoms with E-state index in [4.69, 9.17) is 4.74 Å². The largest absolute Gasteiger partial charge is 0.496 e. The Morgan fingerprint density at radius 2 is 2.15 bits per heavy atom. The highest BCUT2D eigenvalue weighted by atomic mass is 16.5. The number of hydrogen-bond acceptors (Lipinski definition) is 4. The fourth-order valence-corrected chi connectivity index (χ4v) is 1.99. The molecular weight excluding hydrogens is 256 g/mol. The van der Waals surface area contributed by atoms with Gasteiger partial charge >= 0.3 is 5.97 Å². The van der Waals surface area contributed by atoms with Crippen LogP contribution >= 0.6 is 0 Å². The van der Waals surface area contributed by atoms with Crippen molar-refractivity contribution in [2.24, 2.45) is 0 Å². The Bertz CT molecular complexity index is 654. The van der Waals surface area contributed by atoms with Gasteiger partial charge in [-0.2, -0.15) is 0 Å². The summed E-state index contributed by atoms with van der Waals surface area (Å²) in [6, 6.07) is 5.70. The molecule has 5 nitrogen and oxygen atoms in total. The molecule has 0 saturated heterocycles. The van der Waals surface area contributed by atoms with E-state index in [9.17, 15) is 9.90 Å². The summed E-state index contributed by atoms with van der Waals surface area (Å²) in [5.74, 6) is 0.0701. The van der Waals surface area contributed by atoms with Crippen LogP contribution in [0.5, 0.6) is 5.75 Å². The number of nitrogens with zero attached hydrogens (tertiary/aromatic N) is 2. The molecule has 0 fully saturated rings. The molecule has 0 radical (unpaired) electrons. The smallest absolute Gasteiger partial charge is 0.339 e. The van der Waals surface area contributed by atoms with E-state index >= 15 is 0 Å². The van der Waals surface area contributed by atoms with Gasteiger partial charge in [-0.3, -0.25) is 0 Å². The zero-order valence-corrected chi connectivity index (χ0v) is 11.7. The van der Waals surface area contributed by atoms with Crippen molar-refractivity contribution in [3.63, 3.8) is 0 Å². The summed E-state index contributed by atoms with van der Waals surface area (Å²) in [5.41, 5.74) is 2.22. The molecule has 2 rings (SSSR count). The van der Waals surface area contributed by atoms with Gasteiger partial charge in [-0.15, -0.1) is 0 Å². The average molecular weight is 272 g/mol. The maximum absolute atomic E-state index is 11.3. The molecule has 1 heterocycles. The number of aromatic carboxylic acids is 1. The first-order chi connectivity index (χ1) is 9.56. The minimum atomic E-state index is -1.05. The van der Waals surface area contributed by atoms with Crippen LogP contribution in [0.4, 0.5) is 0 Å². The number of aromatic nitrogens is 2. The molecule has 104 valence electrons. The second-order valence-corrected chi connectivity index (χ2v) is 4.37. The Balaban J connectivity index is 2.72. The molecular formula is C15H16N2O3. The van der Waals surface area contributed by atoms with Crippen LogP contribution in [0.15, 0.2) is 24.4 Å². The Morgan fingerprint density at radius 1 is 1.40 bits per heavy atom. The van der Waals surface area contributed by atoms with Gasteiger partial charge < -0.3 is 9.84 Å². The first-order valence-electron chi connectivity index (χ1n) is 6.31. The van der Waals surface area contributed by atoms with Crippen LogP contribution in [-0.2, 0) is 6.42 Å². The fourth-order valence-electron chi connectivity index (χ4n) is 1.99. The zero-order valence-electron chi connectivity index (χ0n) is 11.7. The van der Waals surface area contributed by atoms with Gasteiger partial charge in [0.1, 0.15) is 17.1 Å². The molecule has 0 amide bonds. The predicted molar refractivity (Wildman–Crippen MR) is 75.1 cm³/mol. The maximum atomic E-state index is 11.3. The molecule has 0 saturated carbocycles. The number of benzene rings is 1. The zero-order chi connectivity index (χ0) is 14.7. The second-order valence-electron chi connectivity index (χ2n) is 4.37. The Kier molecular flexibility index (Phi) is 3.98. The van der Waals surface area contributed by atoms with Crippen LogP contribution in [0.1, 0.15) is 28.7 Å². The molecule has 1 N–H and O–H groups in total. The van der Waals surface area contributed by atoms with Gasteiger partial charge in [0, 0.05) is 11.8 Å². The summed E-state index contributed by atoms with van der Waals surface area (Å²) < 4.78 is 5.32. The van der Waals surface area contributed by atoms with Gasteiger partial charge in [0.2, 0.25) is 0 Å². The summed E-state index contributed by atoms with van der Waals surface area (Å²) in [5, 5.41) is 9.29. The lowest BCUT2D eigenvalue weighted by atomic mass is 10.0. The molecule has 1 aromatic heterocycles.